The van der Waals surface area contributed by atoms with Gasteiger partial charge in [0.15, 0.2) is 12.7 Å². The zero-order chi connectivity index (χ0) is 18.8. The van der Waals surface area contributed by atoms with Gasteiger partial charge < -0.3 is 20.1 Å². The molecule has 1 aliphatic heterocycles. The van der Waals surface area contributed by atoms with Crippen LogP contribution in [0.1, 0.15) is 0 Å². The van der Waals surface area contributed by atoms with E-state index in [2.05, 4.69) is 0 Å². The highest BCUT2D eigenvalue weighted by Gasteiger charge is 2.32. The predicted molar refractivity (Wildman–Crippen MR) is 102 cm³/mol. The Hall–Kier alpha value is -3.54. The van der Waals surface area contributed by atoms with Gasteiger partial charge in [-0.25, -0.2) is 0 Å². The minimum Gasteiger partial charge on any atom is -0.484 e. The first-order valence-corrected chi connectivity index (χ1v) is 8.59. The Morgan fingerprint density at radius 2 is 1.78 bits per heavy atom. The number of rotatable bonds is 4. The number of fused-ring (bicyclic) bond motifs is 2. The molecular weight excluding hydrogens is 344 g/mol. The predicted octanol–water partition coefficient (Wildman–Crippen LogP) is 2.50. The first-order valence-electron chi connectivity index (χ1n) is 8.59. The average molecular weight is 362 g/mol. The van der Waals surface area contributed by atoms with Crippen LogP contribution in [0.5, 0.6) is 11.5 Å². The lowest BCUT2D eigenvalue weighted by molar-refractivity contribution is -0.125. The standard InChI is InChI=1S/C21H18N2O4/c22-21(25)19-12-23(17-7-3-4-8-18(17)27-19)20(24)13-26-16-10-9-14-5-1-2-6-15(14)11-16/h1-11,19H,12-13H2,(H2,22,25). The van der Waals surface area contributed by atoms with Crippen LogP contribution in [0.4, 0.5) is 5.69 Å². The molecule has 6 nitrogen and oxygen atoms in total. The van der Waals surface area contributed by atoms with Gasteiger partial charge in [-0.15, -0.1) is 0 Å². The minimum atomic E-state index is -0.885. The van der Waals surface area contributed by atoms with Crippen molar-refractivity contribution in [1.82, 2.24) is 0 Å². The molecular formula is C21H18N2O4. The Bertz CT molecular complexity index is 1020. The molecule has 2 N–H and O–H groups in total. The molecule has 0 bridgehead atoms. The van der Waals surface area contributed by atoms with Crippen molar-refractivity contribution in [2.45, 2.75) is 6.10 Å². The third-order valence-electron chi connectivity index (χ3n) is 4.48. The van der Waals surface area contributed by atoms with Crippen LogP contribution in [0.3, 0.4) is 0 Å². The number of para-hydroxylation sites is 2. The first-order chi connectivity index (χ1) is 13.1. The monoisotopic (exact) mass is 362 g/mol. The van der Waals surface area contributed by atoms with Gasteiger partial charge in [-0.3, -0.25) is 9.59 Å². The van der Waals surface area contributed by atoms with Crippen molar-refractivity contribution in [2.24, 2.45) is 5.73 Å². The average Bonchev–Trinajstić information content (AvgIpc) is 2.71. The van der Waals surface area contributed by atoms with Gasteiger partial charge in [0.25, 0.3) is 11.8 Å². The van der Waals surface area contributed by atoms with Gasteiger partial charge in [0.05, 0.1) is 12.2 Å². The van der Waals surface area contributed by atoms with Crippen LogP contribution in [-0.2, 0) is 9.59 Å². The molecule has 0 aromatic heterocycles. The summed E-state index contributed by atoms with van der Waals surface area (Å²) in [5.41, 5.74) is 5.97. The van der Waals surface area contributed by atoms with Gasteiger partial charge in [0.2, 0.25) is 0 Å². The molecule has 0 fully saturated rings. The molecule has 0 spiro atoms. The van der Waals surface area contributed by atoms with E-state index in [1.807, 2.05) is 42.5 Å². The Labute approximate surface area is 156 Å². The summed E-state index contributed by atoms with van der Waals surface area (Å²) in [6.45, 7) is -0.0928. The number of ether oxygens (including phenoxy) is 2. The number of nitrogens with zero attached hydrogens (tertiary/aromatic N) is 1. The van der Waals surface area contributed by atoms with Crippen LogP contribution in [0.15, 0.2) is 66.7 Å². The number of carbonyl (C=O) groups is 2. The summed E-state index contributed by atoms with van der Waals surface area (Å²) in [7, 11) is 0. The smallest absolute Gasteiger partial charge is 0.265 e. The van der Waals surface area contributed by atoms with Crippen LogP contribution in [-0.4, -0.2) is 31.1 Å². The van der Waals surface area contributed by atoms with Crippen molar-refractivity contribution < 1.29 is 19.1 Å². The Morgan fingerprint density at radius 3 is 2.59 bits per heavy atom. The third-order valence-corrected chi connectivity index (χ3v) is 4.48. The fourth-order valence-electron chi connectivity index (χ4n) is 3.10. The van der Waals surface area contributed by atoms with Crippen LogP contribution in [0.25, 0.3) is 10.8 Å². The largest absolute Gasteiger partial charge is 0.484 e. The number of hydrogen-bond acceptors (Lipinski definition) is 4. The maximum absolute atomic E-state index is 12.8. The van der Waals surface area contributed by atoms with Gasteiger partial charge in [0, 0.05) is 0 Å². The van der Waals surface area contributed by atoms with E-state index in [9.17, 15) is 9.59 Å². The Kier molecular flexibility index (Phi) is 4.38. The van der Waals surface area contributed by atoms with E-state index in [4.69, 9.17) is 15.2 Å². The fraction of sp³-hybridized carbons (Fsp3) is 0.143. The molecule has 1 atom stereocenters. The van der Waals surface area contributed by atoms with Crippen molar-refractivity contribution in [3.63, 3.8) is 0 Å². The molecule has 1 unspecified atom stereocenters. The zero-order valence-corrected chi connectivity index (χ0v) is 14.5. The third kappa shape index (κ3) is 3.42. The van der Waals surface area contributed by atoms with Gasteiger partial charge >= 0.3 is 0 Å². The number of benzene rings is 3. The molecule has 3 aromatic carbocycles. The quantitative estimate of drug-likeness (QED) is 0.773. The number of amides is 2. The Balaban J connectivity index is 1.52. The van der Waals surface area contributed by atoms with Crippen LogP contribution in [0.2, 0.25) is 0 Å². The zero-order valence-electron chi connectivity index (χ0n) is 14.5. The number of carbonyl (C=O) groups excluding carboxylic acids is 2. The van der Waals surface area contributed by atoms with E-state index in [1.165, 1.54) is 4.90 Å². The summed E-state index contributed by atoms with van der Waals surface area (Å²) in [4.78, 5) is 25.8. The summed E-state index contributed by atoms with van der Waals surface area (Å²) >= 11 is 0. The molecule has 4 rings (SSSR count). The second kappa shape index (κ2) is 6.99. The van der Waals surface area contributed by atoms with Crippen molar-refractivity contribution >= 4 is 28.3 Å². The van der Waals surface area contributed by atoms with Crippen LogP contribution < -0.4 is 20.1 Å². The fourth-order valence-corrected chi connectivity index (χ4v) is 3.10. The van der Waals surface area contributed by atoms with Crippen molar-refractivity contribution in [3.8, 4) is 11.5 Å². The summed E-state index contributed by atoms with van der Waals surface area (Å²) in [5.74, 6) is 0.171. The summed E-state index contributed by atoms with van der Waals surface area (Å²) < 4.78 is 11.3. The number of hydrogen-bond donors (Lipinski definition) is 1. The second-order valence-electron chi connectivity index (χ2n) is 6.28. The van der Waals surface area contributed by atoms with Crippen LogP contribution in [0, 0.1) is 0 Å². The molecule has 1 aliphatic rings. The van der Waals surface area contributed by atoms with Crippen molar-refractivity contribution in [3.05, 3.63) is 66.7 Å². The lowest BCUT2D eigenvalue weighted by atomic mass is 10.1. The SMILES string of the molecule is NC(=O)C1CN(C(=O)COc2ccc3ccccc3c2)c2ccccc2O1. The molecule has 0 saturated heterocycles. The highest BCUT2D eigenvalue weighted by molar-refractivity contribution is 5.98. The molecule has 0 aliphatic carbocycles. The maximum atomic E-state index is 12.8. The van der Waals surface area contributed by atoms with Gasteiger partial charge in [-0.1, -0.05) is 42.5 Å². The lowest BCUT2D eigenvalue weighted by Crippen LogP contribution is -2.50. The minimum absolute atomic E-state index is 0.0618. The van der Waals surface area contributed by atoms with Gasteiger partial charge in [-0.2, -0.15) is 0 Å². The van der Waals surface area contributed by atoms with E-state index in [0.29, 0.717) is 17.2 Å². The molecule has 0 saturated carbocycles. The molecule has 6 heteroatoms. The van der Waals surface area contributed by atoms with E-state index in [1.54, 1.807) is 24.3 Å². The van der Waals surface area contributed by atoms with Gasteiger partial charge in [0.1, 0.15) is 11.5 Å². The topological polar surface area (TPSA) is 81.9 Å². The van der Waals surface area contributed by atoms with Crippen molar-refractivity contribution in [2.75, 3.05) is 18.1 Å². The summed E-state index contributed by atoms with van der Waals surface area (Å²) in [5, 5.41) is 2.13. The molecule has 3 aromatic rings. The van der Waals surface area contributed by atoms with E-state index < -0.39 is 12.0 Å². The molecule has 2 amide bonds. The van der Waals surface area contributed by atoms with E-state index in [0.717, 1.165) is 10.8 Å². The highest BCUT2D eigenvalue weighted by atomic mass is 16.5. The number of nitrogens with two attached hydrogens (primary N) is 1. The van der Waals surface area contributed by atoms with Crippen molar-refractivity contribution in [1.29, 1.82) is 0 Å². The molecule has 0 radical (unpaired) electrons. The maximum Gasteiger partial charge on any atom is 0.265 e. The first kappa shape index (κ1) is 16.9. The van der Waals surface area contributed by atoms with E-state index >= 15 is 0 Å². The highest BCUT2D eigenvalue weighted by Crippen LogP contribution is 2.33. The number of anilines is 1. The van der Waals surface area contributed by atoms with E-state index in [-0.39, 0.29) is 19.1 Å². The molecule has 1 heterocycles. The molecule has 136 valence electrons. The number of primary amides is 1. The lowest BCUT2D eigenvalue weighted by Gasteiger charge is -2.33. The van der Waals surface area contributed by atoms with Crippen LogP contribution >= 0.6 is 0 Å². The summed E-state index contributed by atoms with van der Waals surface area (Å²) in [6.07, 6.45) is -0.885. The second-order valence-corrected chi connectivity index (χ2v) is 6.28. The molecule has 27 heavy (non-hydrogen) atoms. The normalized spacial score (nSPS) is 15.7. The summed E-state index contributed by atoms with van der Waals surface area (Å²) in [6, 6.07) is 20.6. The Morgan fingerprint density at radius 1 is 1.04 bits per heavy atom. The van der Waals surface area contributed by atoms with Gasteiger partial charge in [-0.05, 0) is 35.0 Å².